The fraction of sp³-hybridized carbons (Fsp3) is 0.529. The Balaban J connectivity index is 1.64. The molecule has 0 unspecified atom stereocenters. The molecule has 1 aliphatic carbocycles. The summed E-state index contributed by atoms with van der Waals surface area (Å²) in [5.41, 5.74) is 1.86. The van der Waals surface area contributed by atoms with Crippen molar-refractivity contribution in [3.8, 4) is 5.75 Å². The summed E-state index contributed by atoms with van der Waals surface area (Å²) >= 11 is 0. The minimum absolute atomic E-state index is 0.0152. The lowest BCUT2D eigenvalue weighted by molar-refractivity contribution is -0.125. The van der Waals surface area contributed by atoms with Crippen LogP contribution in [0.15, 0.2) is 12.1 Å². The third-order valence-electron chi connectivity index (χ3n) is 5.06. The lowest BCUT2D eigenvalue weighted by Gasteiger charge is -2.28. The molecule has 3 rings (SSSR count). The SMILES string of the molecule is CNC(=O)[C@H]1CC[C@H](NCc2cc(O)c(N3NC(=O)CS3(=O)=O)c(F)c2)CC1. The van der Waals surface area contributed by atoms with Gasteiger partial charge in [0.05, 0.1) is 0 Å². The standard InChI is InChI=1S/C17H23FN4O5S/c1-19-17(25)11-2-4-12(5-3-11)20-8-10-6-13(18)16(14(23)7-10)22-21-15(24)9-28(22,26)27/h6-7,11-12,20,23H,2-5,8-9H2,1H3,(H,19,25)(H,21,24)/t11-,12-. The van der Waals surface area contributed by atoms with Crippen molar-refractivity contribution < 1.29 is 27.5 Å². The van der Waals surface area contributed by atoms with Crippen LogP contribution in [-0.4, -0.2) is 44.2 Å². The van der Waals surface area contributed by atoms with Crippen molar-refractivity contribution >= 4 is 27.5 Å². The number of phenolic OH excluding ortho intramolecular Hbond substituents is 1. The number of hydrogen-bond donors (Lipinski definition) is 4. The lowest BCUT2D eigenvalue weighted by Crippen LogP contribution is -2.37. The summed E-state index contributed by atoms with van der Waals surface area (Å²) in [6.07, 6.45) is 3.15. The molecule has 154 valence electrons. The van der Waals surface area contributed by atoms with Crippen molar-refractivity contribution in [2.45, 2.75) is 38.3 Å². The van der Waals surface area contributed by atoms with Crippen LogP contribution in [0.2, 0.25) is 0 Å². The highest BCUT2D eigenvalue weighted by molar-refractivity contribution is 7.93. The zero-order valence-corrected chi connectivity index (χ0v) is 16.2. The normalized spacial score (nSPS) is 24.1. The average molecular weight is 414 g/mol. The maximum absolute atomic E-state index is 14.5. The molecule has 28 heavy (non-hydrogen) atoms. The first-order valence-electron chi connectivity index (χ1n) is 9.00. The fourth-order valence-corrected chi connectivity index (χ4v) is 4.83. The predicted octanol–water partition coefficient (Wildman–Crippen LogP) is 0.107. The molecule has 2 aliphatic rings. The number of sulfonamides is 1. The number of hydrogen-bond acceptors (Lipinski definition) is 6. The Hall–Kier alpha value is -2.40. The van der Waals surface area contributed by atoms with Crippen LogP contribution in [0, 0.1) is 11.7 Å². The van der Waals surface area contributed by atoms with Gasteiger partial charge in [-0.2, -0.15) is 4.41 Å². The van der Waals surface area contributed by atoms with Gasteiger partial charge in [-0.25, -0.2) is 12.8 Å². The molecule has 2 amide bonds. The van der Waals surface area contributed by atoms with Crippen LogP contribution >= 0.6 is 0 Å². The summed E-state index contributed by atoms with van der Waals surface area (Å²) in [4.78, 5) is 23.0. The van der Waals surface area contributed by atoms with Crippen molar-refractivity contribution in [3.63, 3.8) is 0 Å². The largest absolute Gasteiger partial charge is 0.506 e. The van der Waals surface area contributed by atoms with Crippen molar-refractivity contribution in [3.05, 3.63) is 23.5 Å². The zero-order valence-electron chi connectivity index (χ0n) is 15.4. The Morgan fingerprint density at radius 3 is 2.54 bits per heavy atom. The maximum atomic E-state index is 14.5. The van der Waals surface area contributed by atoms with Gasteiger partial charge in [-0.05, 0) is 43.4 Å². The summed E-state index contributed by atoms with van der Waals surface area (Å²) < 4.78 is 38.7. The Labute approximate surface area is 162 Å². The zero-order chi connectivity index (χ0) is 20.5. The molecule has 9 nitrogen and oxygen atoms in total. The van der Waals surface area contributed by atoms with Crippen LogP contribution < -0.4 is 20.5 Å². The molecule has 0 spiro atoms. The second-order valence-corrected chi connectivity index (χ2v) is 8.86. The van der Waals surface area contributed by atoms with Gasteiger partial charge < -0.3 is 15.7 Å². The summed E-state index contributed by atoms with van der Waals surface area (Å²) in [7, 11) is -2.45. The highest BCUT2D eigenvalue weighted by Gasteiger charge is 2.38. The number of aromatic hydroxyl groups is 1. The van der Waals surface area contributed by atoms with E-state index in [1.165, 1.54) is 6.07 Å². The number of rotatable bonds is 5. The van der Waals surface area contributed by atoms with E-state index >= 15 is 0 Å². The minimum Gasteiger partial charge on any atom is -0.506 e. The number of nitrogens with one attached hydrogen (secondary N) is 3. The first-order valence-corrected chi connectivity index (χ1v) is 10.6. The lowest BCUT2D eigenvalue weighted by atomic mass is 9.85. The van der Waals surface area contributed by atoms with Gasteiger partial charge in [0.1, 0.15) is 5.75 Å². The number of amides is 2. The van der Waals surface area contributed by atoms with Crippen molar-refractivity contribution in [1.29, 1.82) is 0 Å². The third-order valence-corrected chi connectivity index (χ3v) is 6.52. The Kier molecular flexibility index (Phi) is 5.75. The Bertz CT molecular complexity index is 861. The highest BCUT2D eigenvalue weighted by atomic mass is 32.2. The molecule has 1 saturated carbocycles. The highest BCUT2D eigenvalue weighted by Crippen LogP contribution is 2.34. The van der Waals surface area contributed by atoms with Crippen LogP contribution in [0.4, 0.5) is 10.1 Å². The second kappa shape index (κ2) is 7.92. The molecule has 1 heterocycles. The van der Waals surface area contributed by atoms with Gasteiger partial charge in [-0.15, -0.1) is 0 Å². The molecular weight excluding hydrogens is 391 g/mol. The number of carbonyl (C=O) groups is 2. The third kappa shape index (κ3) is 4.20. The molecule has 0 aromatic heterocycles. The van der Waals surface area contributed by atoms with Gasteiger partial charge in [-0.1, -0.05) is 0 Å². The number of anilines is 1. The fourth-order valence-electron chi connectivity index (χ4n) is 3.61. The molecule has 2 fully saturated rings. The summed E-state index contributed by atoms with van der Waals surface area (Å²) in [6, 6.07) is 2.56. The van der Waals surface area contributed by atoms with E-state index in [-0.39, 0.29) is 24.4 Å². The second-order valence-electron chi connectivity index (χ2n) is 7.04. The number of halogens is 1. The van der Waals surface area contributed by atoms with Gasteiger partial charge >= 0.3 is 0 Å². The Morgan fingerprint density at radius 1 is 1.32 bits per heavy atom. The molecule has 4 N–H and O–H groups in total. The number of phenols is 1. The van der Waals surface area contributed by atoms with E-state index in [1.54, 1.807) is 7.05 Å². The van der Waals surface area contributed by atoms with Crippen molar-refractivity contribution in [2.24, 2.45) is 5.92 Å². The van der Waals surface area contributed by atoms with E-state index in [0.29, 0.717) is 9.98 Å². The molecule has 1 saturated heterocycles. The topological polar surface area (TPSA) is 128 Å². The molecule has 1 aliphatic heterocycles. The first-order chi connectivity index (χ1) is 13.2. The van der Waals surface area contributed by atoms with Crippen LogP contribution in [0.25, 0.3) is 0 Å². The molecule has 0 bridgehead atoms. The van der Waals surface area contributed by atoms with E-state index in [4.69, 9.17) is 0 Å². The molecular formula is C17H23FN4O5S. The van der Waals surface area contributed by atoms with Gasteiger partial charge in [-0.3, -0.25) is 15.0 Å². The van der Waals surface area contributed by atoms with E-state index < -0.39 is 38.9 Å². The van der Waals surface area contributed by atoms with E-state index in [0.717, 1.165) is 31.7 Å². The summed E-state index contributed by atoms with van der Waals surface area (Å²) in [5.74, 6) is -3.06. The van der Waals surface area contributed by atoms with Gasteiger partial charge in [0.2, 0.25) is 5.91 Å². The molecule has 0 radical (unpaired) electrons. The summed E-state index contributed by atoms with van der Waals surface area (Å²) in [5, 5.41) is 16.1. The Morgan fingerprint density at radius 2 is 2.00 bits per heavy atom. The average Bonchev–Trinajstić information content (AvgIpc) is 2.91. The maximum Gasteiger partial charge on any atom is 0.262 e. The minimum atomic E-state index is -4.07. The predicted molar refractivity (Wildman–Crippen MR) is 99.1 cm³/mol. The first kappa shape index (κ1) is 20.3. The van der Waals surface area contributed by atoms with Crippen LogP contribution in [0.1, 0.15) is 31.2 Å². The van der Waals surface area contributed by atoms with E-state index in [9.17, 15) is 27.5 Å². The molecule has 11 heteroatoms. The molecule has 1 aromatic carbocycles. The van der Waals surface area contributed by atoms with Gasteiger partial charge in [0.15, 0.2) is 17.3 Å². The van der Waals surface area contributed by atoms with E-state index in [2.05, 4.69) is 10.6 Å². The van der Waals surface area contributed by atoms with Crippen molar-refractivity contribution in [1.82, 2.24) is 16.1 Å². The molecule has 1 aromatic rings. The van der Waals surface area contributed by atoms with Crippen LogP contribution in [0.3, 0.4) is 0 Å². The summed E-state index contributed by atoms with van der Waals surface area (Å²) in [6.45, 7) is 0.277. The molecule has 0 atom stereocenters. The number of nitrogens with zero attached hydrogens (tertiary/aromatic N) is 1. The van der Waals surface area contributed by atoms with Gasteiger partial charge in [0.25, 0.3) is 15.9 Å². The monoisotopic (exact) mass is 414 g/mol. The number of hydrazine groups is 1. The van der Waals surface area contributed by atoms with Gasteiger partial charge in [0, 0.05) is 25.6 Å². The van der Waals surface area contributed by atoms with Crippen LogP contribution in [-0.2, 0) is 26.2 Å². The number of benzene rings is 1. The van der Waals surface area contributed by atoms with Crippen LogP contribution in [0.5, 0.6) is 5.75 Å². The smallest absolute Gasteiger partial charge is 0.262 e. The van der Waals surface area contributed by atoms with E-state index in [1.807, 2.05) is 5.43 Å². The van der Waals surface area contributed by atoms with Crippen molar-refractivity contribution in [2.75, 3.05) is 17.2 Å². The number of carbonyl (C=O) groups excluding carboxylic acids is 2. The quantitative estimate of drug-likeness (QED) is 0.541.